The highest BCUT2D eigenvalue weighted by atomic mass is 35.5. The summed E-state index contributed by atoms with van der Waals surface area (Å²) in [5.41, 5.74) is -5.32. The van der Waals surface area contributed by atoms with E-state index < -0.39 is 46.2 Å². The van der Waals surface area contributed by atoms with Crippen LogP contribution < -0.4 is 4.74 Å². The molecule has 0 radical (unpaired) electrons. The molecule has 0 spiro atoms. The van der Waals surface area contributed by atoms with Gasteiger partial charge in [0, 0.05) is 34.7 Å². The number of alkyl halides is 5. The summed E-state index contributed by atoms with van der Waals surface area (Å²) in [4.78, 5) is 3.29. The molecule has 1 aliphatic carbocycles. The van der Waals surface area contributed by atoms with Crippen molar-refractivity contribution in [2.45, 2.75) is 28.9 Å². The zero-order chi connectivity index (χ0) is 18.4. The van der Waals surface area contributed by atoms with E-state index in [0.29, 0.717) is 0 Å². The van der Waals surface area contributed by atoms with Gasteiger partial charge in [0.05, 0.1) is 11.2 Å². The molecule has 0 saturated carbocycles. The third-order valence-electron chi connectivity index (χ3n) is 3.49. The summed E-state index contributed by atoms with van der Waals surface area (Å²) in [7, 11) is 0. The van der Waals surface area contributed by atoms with Crippen molar-refractivity contribution >= 4 is 23.4 Å². The van der Waals surface area contributed by atoms with Crippen LogP contribution in [0.4, 0.5) is 22.0 Å². The van der Waals surface area contributed by atoms with Crippen molar-refractivity contribution in [2.75, 3.05) is 0 Å². The Hall–Kier alpha value is -1.58. The molecule has 0 bridgehead atoms. The number of benzene rings is 1. The van der Waals surface area contributed by atoms with Crippen molar-refractivity contribution in [2.24, 2.45) is 0 Å². The number of fused-ring (bicyclic) bond motifs is 1. The van der Waals surface area contributed by atoms with Crippen LogP contribution in [-0.4, -0.2) is 21.5 Å². The number of nitrogens with zero attached hydrogens (tertiary/aromatic N) is 1. The molecule has 3 rings (SSSR count). The molecule has 0 aliphatic heterocycles. The highest BCUT2D eigenvalue weighted by molar-refractivity contribution is 8.00. The zero-order valence-corrected chi connectivity index (χ0v) is 13.7. The number of halogens is 6. The minimum Gasteiger partial charge on any atom is -0.455 e. The lowest BCUT2D eigenvalue weighted by Crippen LogP contribution is -2.21. The van der Waals surface area contributed by atoms with Crippen molar-refractivity contribution in [1.29, 1.82) is 0 Å². The van der Waals surface area contributed by atoms with E-state index in [2.05, 4.69) is 4.98 Å². The van der Waals surface area contributed by atoms with Crippen molar-refractivity contribution in [3.05, 3.63) is 46.7 Å². The first-order valence-electron chi connectivity index (χ1n) is 6.82. The Labute approximate surface area is 147 Å². The Kier molecular flexibility index (Phi) is 4.59. The predicted octanol–water partition coefficient (Wildman–Crippen LogP) is 5.36. The fourth-order valence-corrected chi connectivity index (χ4v) is 3.43. The van der Waals surface area contributed by atoms with Gasteiger partial charge in [-0.3, -0.25) is 4.98 Å². The molecule has 0 amide bonds. The first-order valence-corrected chi connectivity index (χ1v) is 8.02. The lowest BCUT2D eigenvalue weighted by molar-refractivity contribution is -0.0977. The van der Waals surface area contributed by atoms with E-state index in [0.717, 1.165) is 12.1 Å². The van der Waals surface area contributed by atoms with E-state index in [4.69, 9.17) is 16.3 Å². The van der Waals surface area contributed by atoms with Gasteiger partial charge in [-0.2, -0.15) is 13.2 Å². The Morgan fingerprint density at radius 3 is 2.64 bits per heavy atom. The summed E-state index contributed by atoms with van der Waals surface area (Å²) in [6.45, 7) is 0. The van der Waals surface area contributed by atoms with Crippen molar-refractivity contribution < 1.29 is 31.8 Å². The molecule has 3 nitrogen and oxygen atoms in total. The van der Waals surface area contributed by atoms with Crippen LogP contribution in [0.5, 0.6) is 11.5 Å². The second-order valence-electron chi connectivity index (χ2n) is 5.28. The van der Waals surface area contributed by atoms with Crippen molar-refractivity contribution in [3.63, 3.8) is 0 Å². The van der Waals surface area contributed by atoms with Crippen LogP contribution in [0.15, 0.2) is 35.5 Å². The zero-order valence-electron chi connectivity index (χ0n) is 12.1. The third-order valence-corrected chi connectivity index (χ3v) is 4.51. The quantitative estimate of drug-likeness (QED) is 0.559. The molecular weight excluding hydrogens is 389 g/mol. The van der Waals surface area contributed by atoms with Crippen molar-refractivity contribution in [1.82, 2.24) is 4.98 Å². The fraction of sp³-hybridized carbons (Fsp3) is 0.267. The SMILES string of the molecule is OC1c2c(SC(F)(F)F)ccc(Oc3cncc(Cl)c3)c2CC1(F)F. The molecule has 2 aromatic rings. The third kappa shape index (κ3) is 3.83. The van der Waals surface area contributed by atoms with E-state index in [1.54, 1.807) is 0 Å². The second-order valence-corrected chi connectivity index (χ2v) is 6.83. The number of aliphatic hydroxyl groups is 1. The number of rotatable bonds is 3. The van der Waals surface area contributed by atoms with Gasteiger partial charge in [0.1, 0.15) is 17.6 Å². The summed E-state index contributed by atoms with van der Waals surface area (Å²) >= 11 is 5.21. The first-order chi connectivity index (χ1) is 11.6. The molecule has 1 aromatic heterocycles. The second kappa shape index (κ2) is 6.30. The number of aromatic nitrogens is 1. The highest BCUT2D eigenvalue weighted by Crippen LogP contribution is 2.52. The van der Waals surface area contributed by atoms with Crippen LogP contribution in [0.1, 0.15) is 17.2 Å². The maximum atomic E-state index is 13.9. The van der Waals surface area contributed by atoms with Crippen LogP contribution in [0, 0.1) is 0 Å². The van der Waals surface area contributed by atoms with Crippen molar-refractivity contribution in [3.8, 4) is 11.5 Å². The normalized spacial score (nSPS) is 18.9. The maximum Gasteiger partial charge on any atom is 0.446 e. The van der Waals surface area contributed by atoms with Gasteiger partial charge >= 0.3 is 5.51 Å². The van der Waals surface area contributed by atoms with Gasteiger partial charge in [0.15, 0.2) is 0 Å². The minimum atomic E-state index is -4.68. The molecule has 25 heavy (non-hydrogen) atoms. The van der Waals surface area contributed by atoms with Gasteiger partial charge in [0.25, 0.3) is 5.92 Å². The van der Waals surface area contributed by atoms with Gasteiger partial charge in [-0.1, -0.05) is 11.6 Å². The van der Waals surface area contributed by atoms with E-state index in [1.165, 1.54) is 18.5 Å². The standard InChI is InChI=1S/C15H9ClF5NO2S/c16-7-3-8(6-22-5-7)24-10-1-2-11(25-15(19,20)21)12-9(10)4-14(17,18)13(12)23/h1-3,5-6,13,23H,4H2. The van der Waals surface area contributed by atoms with Crippen LogP contribution in [0.25, 0.3) is 0 Å². The van der Waals surface area contributed by atoms with E-state index in [9.17, 15) is 27.1 Å². The highest BCUT2D eigenvalue weighted by Gasteiger charge is 2.50. The molecular formula is C15H9ClF5NO2S. The van der Waals surface area contributed by atoms with Crippen LogP contribution in [0.3, 0.4) is 0 Å². The Morgan fingerprint density at radius 2 is 2.00 bits per heavy atom. The topological polar surface area (TPSA) is 42.4 Å². The van der Waals surface area contributed by atoms with Gasteiger partial charge in [-0.15, -0.1) is 0 Å². The largest absolute Gasteiger partial charge is 0.455 e. The number of hydrogen-bond acceptors (Lipinski definition) is 4. The summed E-state index contributed by atoms with van der Waals surface area (Å²) in [6, 6.07) is 3.53. The average Bonchev–Trinajstić information content (AvgIpc) is 2.72. The summed E-state index contributed by atoms with van der Waals surface area (Å²) in [5, 5.41) is 10.0. The minimum absolute atomic E-state index is 0.0817. The maximum absolute atomic E-state index is 13.9. The van der Waals surface area contributed by atoms with Crippen LogP contribution >= 0.6 is 23.4 Å². The molecule has 1 aromatic carbocycles. The monoisotopic (exact) mass is 397 g/mol. The summed E-state index contributed by atoms with van der Waals surface area (Å²) in [6.07, 6.45) is -0.660. The Bertz CT molecular complexity index is 815. The van der Waals surface area contributed by atoms with Crippen LogP contribution in [0.2, 0.25) is 5.02 Å². The number of aliphatic hydroxyl groups excluding tert-OH is 1. The van der Waals surface area contributed by atoms with E-state index in [1.807, 2.05) is 0 Å². The molecule has 1 N–H and O–H groups in total. The molecule has 10 heteroatoms. The summed E-state index contributed by atoms with van der Waals surface area (Å²) < 4.78 is 71.2. The lowest BCUT2D eigenvalue weighted by Gasteiger charge is -2.17. The molecule has 0 fully saturated rings. The van der Waals surface area contributed by atoms with Gasteiger partial charge in [-0.05, 0) is 23.9 Å². The number of ether oxygens (including phenoxy) is 1. The summed E-state index contributed by atoms with van der Waals surface area (Å²) in [5.74, 6) is -3.53. The Morgan fingerprint density at radius 1 is 1.28 bits per heavy atom. The average molecular weight is 398 g/mol. The van der Waals surface area contributed by atoms with Gasteiger partial charge < -0.3 is 9.84 Å². The van der Waals surface area contributed by atoms with E-state index >= 15 is 0 Å². The van der Waals surface area contributed by atoms with Crippen LogP contribution in [-0.2, 0) is 6.42 Å². The molecule has 1 heterocycles. The molecule has 1 atom stereocenters. The fourth-order valence-electron chi connectivity index (χ4n) is 2.53. The number of pyridine rings is 1. The van der Waals surface area contributed by atoms with Gasteiger partial charge in [0.2, 0.25) is 0 Å². The number of thioether (sulfide) groups is 1. The molecule has 0 saturated heterocycles. The number of hydrogen-bond donors (Lipinski definition) is 1. The molecule has 134 valence electrons. The van der Waals surface area contributed by atoms with E-state index in [-0.39, 0.29) is 22.1 Å². The molecule has 1 aliphatic rings. The first kappa shape index (κ1) is 18.2. The smallest absolute Gasteiger partial charge is 0.446 e. The molecule has 1 unspecified atom stereocenters. The van der Waals surface area contributed by atoms with Gasteiger partial charge in [-0.25, -0.2) is 8.78 Å². The predicted molar refractivity (Wildman–Crippen MR) is 81.3 cm³/mol. The Balaban J connectivity index is 2.05. The lowest BCUT2D eigenvalue weighted by atomic mass is 10.1.